The molecule has 0 aromatic heterocycles. The highest BCUT2D eigenvalue weighted by molar-refractivity contribution is 5.82. The highest BCUT2D eigenvalue weighted by Crippen LogP contribution is 2.31. The quantitative estimate of drug-likeness (QED) is 0.831. The Bertz CT molecular complexity index is 466. The van der Waals surface area contributed by atoms with Crippen LogP contribution in [0.3, 0.4) is 0 Å². The molecule has 1 atom stereocenters. The van der Waals surface area contributed by atoms with Crippen LogP contribution in [0, 0.1) is 13.8 Å². The number of methoxy groups -OCH3 is 1. The van der Waals surface area contributed by atoms with Gasteiger partial charge in [-0.3, -0.25) is 5.32 Å². The lowest BCUT2D eigenvalue weighted by atomic mass is 9.87. The van der Waals surface area contributed by atoms with E-state index in [2.05, 4.69) is 23.5 Å². The zero-order valence-electron chi connectivity index (χ0n) is 11.5. The van der Waals surface area contributed by atoms with E-state index in [4.69, 9.17) is 4.74 Å². The molecule has 18 heavy (non-hydrogen) atoms. The fraction of sp³-hybridized carbons (Fsp3) is 0.533. The molecule has 1 aliphatic carbocycles. The van der Waals surface area contributed by atoms with Crippen molar-refractivity contribution in [1.82, 2.24) is 5.32 Å². The number of carbonyl (C=O) groups excluding carboxylic acids is 1. The molecular weight excluding hydrogens is 226 g/mol. The van der Waals surface area contributed by atoms with Gasteiger partial charge in [0.2, 0.25) is 0 Å². The van der Waals surface area contributed by atoms with Gasteiger partial charge in [-0.1, -0.05) is 23.8 Å². The van der Waals surface area contributed by atoms with Crippen LogP contribution in [0.2, 0.25) is 0 Å². The topological polar surface area (TPSA) is 38.3 Å². The van der Waals surface area contributed by atoms with Gasteiger partial charge >= 0.3 is 5.97 Å². The monoisotopic (exact) mass is 247 g/mol. The number of rotatable bonds is 4. The Labute approximate surface area is 109 Å². The summed E-state index contributed by atoms with van der Waals surface area (Å²) in [5.41, 5.74) is 2.54. The van der Waals surface area contributed by atoms with Crippen LogP contribution in [0.5, 0.6) is 0 Å². The van der Waals surface area contributed by atoms with Crippen molar-refractivity contribution in [2.75, 3.05) is 7.11 Å². The van der Waals surface area contributed by atoms with Crippen LogP contribution in [0.15, 0.2) is 18.2 Å². The van der Waals surface area contributed by atoms with Crippen molar-refractivity contribution in [3.05, 3.63) is 34.9 Å². The summed E-state index contributed by atoms with van der Waals surface area (Å²) in [6.45, 7) is 5.99. The molecule has 1 fully saturated rings. The van der Waals surface area contributed by atoms with Crippen LogP contribution in [0.4, 0.5) is 0 Å². The number of esters is 1. The zero-order valence-corrected chi connectivity index (χ0v) is 11.5. The van der Waals surface area contributed by atoms with Gasteiger partial charge in [0.25, 0.3) is 0 Å². The lowest BCUT2D eigenvalue weighted by Gasteiger charge is -2.30. The minimum atomic E-state index is -0.744. The first-order valence-corrected chi connectivity index (χ1v) is 6.41. The fourth-order valence-electron chi connectivity index (χ4n) is 2.36. The lowest BCUT2D eigenvalue weighted by Crippen LogP contribution is -2.49. The SMILES string of the molecule is COC(=O)C(C)(NC1CC1)c1cc(C)ccc1C. The summed E-state index contributed by atoms with van der Waals surface area (Å²) in [5.74, 6) is -0.219. The Morgan fingerprint density at radius 3 is 2.61 bits per heavy atom. The van der Waals surface area contributed by atoms with Gasteiger partial charge in [0, 0.05) is 6.04 Å². The molecule has 1 N–H and O–H groups in total. The zero-order chi connectivity index (χ0) is 13.3. The summed E-state index contributed by atoms with van der Waals surface area (Å²) in [4.78, 5) is 12.2. The van der Waals surface area contributed by atoms with Crippen molar-refractivity contribution in [3.63, 3.8) is 0 Å². The highest BCUT2D eigenvalue weighted by Gasteiger charge is 2.41. The van der Waals surface area contributed by atoms with E-state index in [9.17, 15) is 4.79 Å². The van der Waals surface area contributed by atoms with Gasteiger partial charge in [-0.2, -0.15) is 0 Å². The molecule has 1 aromatic carbocycles. The van der Waals surface area contributed by atoms with Crippen molar-refractivity contribution in [3.8, 4) is 0 Å². The van der Waals surface area contributed by atoms with E-state index < -0.39 is 5.54 Å². The van der Waals surface area contributed by atoms with Crippen LogP contribution in [0.25, 0.3) is 0 Å². The van der Waals surface area contributed by atoms with Crippen molar-refractivity contribution in [2.45, 2.75) is 45.2 Å². The van der Waals surface area contributed by atoms with Crippen LogP contribution in [-0.2, 0) is 15.1 Å². The number of ether oxygens (including phenoxy) is 1. The average molecular weight is 247 g/mol. The van der Waals surface area contributed by atoms with Gasteiger partial charge in [0.1, 0.15) is 5.54 Å². The van der Waals surface area contributed by atoms with Gasteiger partial charge in [-0.25, -0.2) is 4.79 Å². The molecule has 98 valence electrons. The van der Waals surface area contributed by atoms with Gasteiger partial charge < -0.3 is 4.74 Å². The molecule has 1 unspecified atom stereocenters. The molecule has 1 aromatic rings. The molecule has 0 saturated heterocycles. The van der Waals surface area contributed by atoms with Crippen molar-refractivity contribution >= 4 is 5.97 Å². The highest BCUT2D eigenvalue weighted by atomic mass is 16.5. The van der Waals surface area contributed by atoms with Gasteiger partial charge in [0.05, 0.1) is 7.11 Å². The van der Waals surface area contributed by atoms with E-state index in [0.717, 1.165) is 29.5 Å². The average Bonchev–Trinajstić information content (AvgIpc) is 3.14. The van der Waals surface area contributed by atoms with Crippen LogP contribution in [0.1, 0.15) is 36.5 Å². The summed E-state index contributed by atoms with van der Waals surface area (Å²) < 4.78 is 4.99. The Hall–Kier alpha value is -1.35. The molecule has 0 heterocycles. The van der Waals surface area contributed by atoms with Crippen LogP contribution < -0.4 is 5.32 Å². The summed E-state index contributed by atoms with van der Waals surface area (Å²) >= 11 is 0. The summed E-state index contributed by atoms with van der Waals surface area (Å²) in [6.07, 6.45) is 2.27. The number of aryl methyl sites for hydroxylation is 2. The first-order valence-electron chi connectivity index (χ1n) is 6.41. The molecule has 0 spiro atoms. The predicted octanol–water partition coefficient (Wildman–Crippen LogP) is 2.44. The van der Waals surface area contributed by atoms with E-state index in [1.165, 1.54) is 7.11 Å². The minimum Gasteiger partial charge on any atom is -0.467 e. The van der Waals surface area contributed by atoms with Crippen LogP contribution in [-0.4, -0.2) is 19.1 Å². The molecular formula is C15H21NO2. The van der Waals surface area contributed by atoms with E-state index >= 15 is 0 Å². The molecule has 3 heteroatoms. The third kappa shape index (κ3) is 2.41. The number of carbonyl (C=O) groups is 1. The fourth-order valence-corrected chi connectivity index (χ4v) is 2.36. The Morgan fingerprint density at radius 2 is 2.06 bits per heavy atom. The normalized spacial score (nSPS) is 18.2. The smallest absolute Gasteiger partial charge is 0.330 e. The summed E-state index contributed by atoms with van der Waals surface area (Å²) in [6, 6.07) is 6.63. The second kappa shape index (κ2) is 4.73. The second-order valence-corrected chi connectivity index (χ2v) is 5.35. The largest absolute Gasteiger partial charge is 0.467 e. The predicted molar refractivity (Wildman–Crippen MR) is 71.4 cm³/mol. The molecule has 3 nitrogen and oxygen atoms in total. The maximum atomic E-state index is 12.2. The maximum absolute atomic E-state index is 12.2. The molecule has 0 radical (unpaired) electrons. The number of nitrogens with one attached hydrogen (secondary N) is 1. The molecule has 0 amide bonds. The number of benzene rings is 1. The third-order valence-corrected chi connectivity index (χ3v) is 3.60. The van der Waals surface area contributed by atoms with E-state index in [1.807, 2.05) is 20.8 Å². The second-order valence-electron chi connectivity index (χ2n) is 5.35. The summed E-state index contributed by atoms with van der Waals surface area (Å²) in [5, 5.41) is 3.43. The van der Waals surface area contributed by atoms with E-state index in [-0.39, 0.29) is 5.97 Å². The van der Waals surface area contributed by atoms with Crippen molar-refractivity contribution in [2.24, 2.45) is 0 Å². The van der Waals surface area contributed by atoms with Crippen molar-refractivity contribution < 1.29 is 9.53 Å². The van der Waals surface area contributed by atoms with Gasteiger partial charge in [0.15, 0.2) is 0 Å². The molecule has 1 aliphatic rings. The molecule has 1 saturated carbocycles. The van der Waals surface area contributed by atoms with Gasteiger partial charge in [-0.05, 0) is 44.7 Å². The molecule has 0 bridgehead atoms. The Morgan fingerprint density at radius 1 is 1.39 bits per heavy atom. The molecule has 0 aliphatic heterocycles. The first kappa shape index (κ1) is 13.1. The number of hydrogen-bond donors (Lipinski definition) is 1. The summed E-state index contributed by atoms with van der Waals surface area (Å²) in [7, 11) is 1.44. The Balaban J connectivity index is 2.43. The van der Waals surface area contributed by atoms with Crippen LogP contribution >= 0.6 is 0 Å². The standard InChI is InChI=1S/C15H21NO2/c1-10-5-6-11(2)13(9-10)15(3,14(17)18-4)16-12-7-8-12/h5-6,9,12,16H,7-8H2,1-4H3. The maximum Gasteiger partial charge on any atom is 0.330 e. The Kier molecular flexibility index (Phi) is 3.44. The first-order chi connectivity index (χ1) is 8.47. The lowest BCUT2D eigenvalue weighted by molar-refractivity contribution is -0.148. The van der Waals surface area contributed by atoms with Gasteiger partial charge in [-0.15, -0.1) is 0 Å². The van der Waals surface area contributed by atoms with E-state index in [1.54, 1.807) is 0 Å². The number of hydrogen-bond acceptors (Lipinski definition) is 3. The minimum absolute atomic E-state index is 0.219. The van der Waals surface area contributed by atoms with E-state index in [0.29, 0.717) is 6.04 Å². The molecule has 2 rings (SSSR count). The third-order valence-electron chi connectivity index (χ3n) is 3.60. The van der Waals surface area contributed by atoms with Crippen molar-refractivity contribution in [1.29, 1.82) is 0 Å².